The zero-order chi connectivity index (χ0) is 24.4. The Morgan fingerprint density at radius 3 is 1.43 bits per heavy atom. The standard InChI is InChI=1S/C32H40S3/c1-5-9-11-21(7-3)17-23-13-15-25-27(19-23)33-31-29(25)35-30-26-16-14-24(20-28(26)34-32(30)31)18-22(8-4)12-10-6-2/h13-16,19-22H,5-12,17-18H2,1-4H3. The van der Waals surface area contributed by atoms with Crippen molar-refractivity contribution in [3.8, 4) is 0 Å². The molecule has 0 N–H and O–H groups in total. The molecule has 0 nitrogen and oxygen atoms in total. The summed E-state index contributed by atoms with van der Waals surface area (Å²) in [6.07, 6.45) is 13.1. The van der Waals surface area contributed by atoms with E-state index in [2.05, 4.69) is 64.1 Å². The van der Waals surface area contributed by atoms with Crippen LogP contribution >= 0.6 is 34.0 Å². The zero-order valence-electron chi connectivity index (χ0n) is 21.9. The molecule has 0 spiro atoms. The number of unbranched alkanes of at least 4 members (excludes halogenated alkanes) is 2. The van der Waals surface area contributed by atoms with Gasteiger partial charge in [0, 0.05) is 20.2 Å². The molecule has 3 aromatic heterocycles. The van der Waals surface area contributed by atoms with Crippen molar-refractivity contribution >= 4 is 73.0 Å². The molecule has 5 rings (SSSR count). The zero-order valence-corrected chi connectivity index (χ0v) is 24.4. The first-order chi connectivity index (χ1) is 17.1. The van der Waals surface area contributed by atoms with Crippen LogP contribution in [0.1, 0.15) is 90.2 Å². The van der Waals surface area contributed by atoms with Crippen molar-refractivity contribution < 1.29 is 0 Å². The third kappa shape index (κ3) is 5.20. The maximum Gasteiger partial charge on any atom is 0.0642 e. The maximum absolute atomic E-state index is 2.50. The molecule has 3 heterocycles. The summed E-state index contributed by atoms with van der Waals surface area (Å²) >= 11 is 6.08. The van der Waals surface area contributed by atoms with E-state index in [1.807, 2.05) is 34.0 Å². The van der Waals surface area contributed by atoms with E-state index in [0.717, 1.165) is 11.8 Å². The van der Waals surface area contributed by atoms with E-state index in [-0.39, 0.29) is 0 Å². The molecule has 0 saturated carbocycles. The van der Waals surface area contributed by atoms with E-state index >= 15 is 0 Å². The summed E-state index contributed by atoms with van der Waals surface area (Å²) in [7, 11) is 0. The largest absolute Gasteiger partial charge is 0.133 e. The van der Waals surface area contributed by atoms with Crippen molar-refractivity contribution in [2.24, 2.45) is 11.8 Å². The average molecular weight is 521 g/mol. The van der Waals surface area contributed by atoms with Crippen LogP contribution in [-0.4, -0.2) is 0 Å². The van der Waals surface area contributed by atoms with Gasteiger partial charge in [-0.15, -0.1) is 34.0 Å². The van der Waals surface area contributed by atoms with Crippen LogP contribution in [0.15, 0.2) is 36.4 Å². The highest BCUT2D eigenvalue weighted by atomic mass is 32.1. The third-order valence-corrected chi connectivity index (χ3v) is 11.9. The predicted molar refractivity (Wildman–Crippen MR) is 164 cm³/mol. The topological polar surface area (TPSA) is 0 Å². The molecule has 35 heavy (non-hydrogen) atoms. The molecule has 0 aliphatic rings. The summed E-state index contributed by atoms with van der Waals surface area (Å²) in [6.45, 7) is 9.33. The minimum absolute atomic E-state index is 0.825. The number of benzene rings is 2. The first-order valence-corrected chi connectivity index (χ1v) is 16.4. The van der Waals surface area contributed by atoms with Gasteiger partial charge >= 0.3 is 0 Å². The van der Waals surface area contributed by atoms with Gasteiger partial charge in [0.1, 0.15) is 0 Å². The van der Waals surface area contributed by atoms with E-state index in [1.165, 1.54) is 114 Å². The number of thiophene rings is 3. The first-order valence-electron chi connectivity index (χ1n) is 13.9. The lowest BCUT2D eigenvalue weighted by molar-refractivity contribution is 0.449. The molecule has 2 aromatic carbocycles. The molecule has 5 aromatic rings. The van der Waals surface area contributed by atoms with E-state index in [1.54, 1.807) is 0 Å². The lowest BCUT2D eigenvalue weighted by atomic mass is 9.92. The summed E-state index contributed by atoms with van der Waals surface area (Å²) < 4.78 is 9.02. The second-order valence-electron chi connectivity index (χ2n) is 10.5. The molecule has 0 radical (unpaired) electrons. The Balaban J connectivity index is 1.46. The van der Waals surface area contributed by atoms with Gasteiger partial charge in [-0.3, -0.25) is 0 Å². The van der Waals surface area contributed by atoms with Gasteiger partial charge in [-0.25, -0.2) is 0 Å². The van der Waals surface area contributed by atoms with E-state index < -0.39 is 0 Å². The summed E-state index contributed by atoms with van der Waals surface area (Å²) in [5.74, 6) is 1.65. The Labute approximate surface area is 223 Å². The van der Waals surface area contributed by atoms with Crippen LogP contribution < -0.4 is 0 Å². The van der Waals surface area contributed by atoms with Gasteiger partial charge in [-0.2, -0.15) is 0 Å². The Kier molecular flexibility index (Phi) is 8.16. The fraction of sp³-hybridized carbons (Fsp3) is 0.500. The van der Waals surface area contributed by atoms with Crippen LogP contribution in [0.3, 0.4) is 0 Å². The molecule has 0 aliphatic carbocycles. The van der Waals surface area contributed by atoms with Crippen molar-refractivity contribution in [2.45, 2.75) is 91.9 Å². The molecule has 0 aliphatic heterocycles. The van der Waals surface area contributed by atoms with Crippen molar-refractivity contribution in [1.82, 2.24) is 0 Å². The molecule has 186 valence electrons. The van der Waals surface area contributed by atoms with Crippen molar-refractivity contribution in [2.75, 3.05) is 0 Å². The Morgan fingerprint density at radius 2 is 1.03 bits per heavy atom. The molecule has 3 heteroatoms. The van der Waals surface area contributed by atoms with Crippen LogP contribution in [0.5, 0.6) is 0 Å². The van der Waals surface area contributed by atoms with Crippen LogP contribution in [0, 0.1) is 11.8 Å². The van der Waals surface area contributed by atoms with Gasteiger partial charge in [0.2, 0.25) is 0 Å². The van der Waals surface area contributed by atoms with Crippen LogP contribution in [0.4, 0.5) is 0 Å². The van der Waals surface area contributed by atoms with Crippen LogP contribution in [-0.2, 0) is 12.8 Å². The van der Waals surface area contributed by atoms with Crippen LogP contribution in [0.25, 0.3) is 39.0 Å². The van der Waals surface area contributed by atoms with E-state index in [4.69, 9.17) is 0 Å². The molecule has 0 saturated heterocycles. The summed E-state index contributed by atoms with van der Waals surface area (Å²) in [5.41, 5.74) is 3.06. The maximum atomic E-state index is 2.50. The molecule has 0 amide bonds. The summed E-state index contributed by atoms with van der Waals surface area (Å²) in [5, 5.41) is 2.94. The predicted octanol–water partition coefficient (Wildman–Crippen LogP) is 12.0. The normalized spacial score (nSPS) is 14.1. The molecular formula is C32H40S3. The van der Waals surface area contributed by atoms with Gasteiger partial charge in [0.05, 0.1) is 18.8 Å². The van der Waals surface area contributed by atoms with Gasteiger partial charge in [0.25, 0.3) is 0 Å². The lowest BCUT2D eigenvalue weighted by Crippen LogP contribution is -2.03. The highest BCUT2D eigenvalue weighted by Crippen LogP contribution is 2.50. The number of rotatable bonds is 12. The van der Waals surface area contributed by atoms with Gasteiger partial charge in [-0.1, -0.05) is 103 Å². The Morgan fingerprint density at radius 1 is 0.571 bits per heavy atom. The Bertz CT molecular complexity index is 1310. The Hall–Kier alpha value is -1.42. The van der Waals surface area contributed by atoms with Crippen molar-refractivity contribution in [3.05, 3.63) is 47.5 Å². The quantitative estimate of drug-likeness (QED) is 0.153. The SMILES string of the molecule is CCCCC(CC)Cc1ccc2c(c1)sc1c2sc2c3ccc(CC(CC)CCCC)cc3sc21. The summed E-state index contributed by atoms with van der Waals surface area (Å²) in [4.78, 5) is 0. The second kappa shape index (κ2) is 11.3. The lowest BCUT2D eigenvalue weighted by Gasteiger charge is -2.14. The molecule has 2 atom stereocenters. The van der Waals surface area contributed by atoms with Crippen LogP contribution in [0.2, 0.25) is 0 Å². The fourth-order valence-corrected chi connectivity index (χ4v) is 10.0. The number of hydrogen-bond acceptors (Lipinski definition) is 3. The minimum Gasteiger partial charge on any atom is -0.133 e. The van der Waals surface area contributed by atoms with E-state index in [0.29, 0.717) is 0 Å². The number of hydrogen-bond donors (Lipinski definition) is 0. The molecule has 2 unspecified atom stereocenters. The summed E-state index contributed by atoms with van der Waals surface area (Å²) in [6, 6.07) is 14.6. The molecular weight excluding hydrogens is 481 g/mol. The molecule has 0 fully saturated rings. The smallest absolute Gasteiger partial charge is 0.0642 e. The average Bonchev–Trinajstić information content (AvgIpc) is 3.52. The van der Waals surface area contributed by atoms with Gasteiger partial charge in [-0.05, 0) is 47.9 Å². The second-order valence-corrected chi connectivity index (χ2v) is 13.6. The monoisotopic (exact) mass is 520 g/mol. The fourth-order valence-electron chi connectivity index (χ4n) is 5.65. The van der Waals surface area contributed by atoms with E-state index in [9.17, 15) is 0 Å². The van der Waals surface area contributed by atoms with Crippen molar-refractivity contribution in [1.29, 1.82) is 0 Å². The minimum atomic E-state index is 0.825. The van der Waals surface area contributed by atoms with Gasteiger partial charge in [0.15, 0.2) is 0 Å². The van der Waals surface area contributed by atoms with Gasteiger partial charge < -0.3 is 0 Å². The first kappa shape index (κ1) is 25.2. The molecule has 0 bridgehead atoms. The highest BCUT2D eigenvalue weighted by molar-refractivity contribution is 7.43. The highest BCUT2D eigenvalue weighted by Gasteiger charge is 2.18. The third-order valence-electron chi connectivity index (χ3n) is 7.96. The number of fused-ring (bicyclic) bond motifs is 7. The van der Waals surface area contributed by atoms with Crippen molar-refractivity contribution in [3.63, 3.8) is 0 Å².